The molecule has 0 spiro atoms. The first-order chi connectivity index (χ1) is 19.6. The fourth-order valence-corrected chi connectivity index (χ4v) is 5.14. The maximum atomic E-state index is 13.6. The van der Waals surface area contributed by atoms with Gasteiger partial charge in [0.25, 0.3) is 5.91 Å². The minimum Gasteiger partial charge on any atom is -0.475 e. The van der Waals surface area contributed by atoms with Crippen molar-refractivity contribution in [2.75, 3.05) is 13.1 Å². The summed E-state index contributed by atoms with van der Waals surface area (Å²) >= 11 is 0. The second-order valence-electron chi connectivity index (χ2n) is 9.75. The van der Waals surface area contributed by atoms with Crippen molar-refractivity contribution in [3.05, 3.63) is 78.1 Å². The summed E-state index contributed by atoms with van der Waals surface area (Å²) in [5, 5.41) is 12.0. The number of carboxylic acids is 1. The van der Waals surface area contributed by atoms with Gasteiger partial charge in [0.05, 0.1) is 0 Å². The van der Waals surface area contributed by atoms with E-state index >= 15 is 0 Å². The van der Waals surface area contributed by atoms with Crippen molar-refractivity contribution in [1.29, 1.82) is 0 Å². The minimum absolute atomic E-state index is 0.118. The largest absolute Gasteiger partial charge is 0.490 e. The second kappa shape index (κ2) is 12.8. The Bertz CT molecular complexity index is 1410. The lowest BCUT2D eigenvalue weighted by molar-refractivity contribution is -0.192. The van der Waals surface area contributed by atoms with Gasteiger partial charge in [-0.1, -0.05) is 36.4 Å². The van der Waals surface area contributed by atoms with Crippen LogP contribution in [0.1, 0.15) is 41.6 Å². The number of likely N-dealkylation sites (tertiary alicyclic amines) is 2. The lowest BCUT2D eigenvalue weighted by Crippen LogP contribution is -2.52. The third kappa shape index (κ3) is 7.00. The number of carbonyl (C=O) groups is 4. The number of alkyl halides is 3. The maximum Gasteiger partial charge on any atom is 0.490 e. The number of hydrogen-bond acceptors (Lipinski definition) is 5. The summed E-state index contributed by atoms with van der Waals surface area (Å²) in [5.41, 5.74) is 1.58. The molecule has 2 N–H and O–H groups in total. The van der Waals surface area contributed by atoms with Crippen LogP contribution in [0.5, 0.6) is 0 Å². The number of carbonyl (C=O) groups excluding carboxylic acids is 3. The molecule has 5 rings (SSSR count). The molecule has 2 aliphatic rings. The van der Waals surface area contributed by atoms with Gasteiger partial charge in [0.1, 0.15) is 12.1 Å². The molecule has 0 bridgehead atoms. The van der Waals surface area contributed by atoms with Gasteiger partial charge in [-0.2, -0.15) is 13.2 Å². The van der Waals surface area contributed by atoms with Gasteiger partial charge in [-0.3, -0.25) is 19.4 Å². The van der Waals surface area contributed by atoms with Crippen LogP contribution in [0.3, 0.4) is 0 Å². The molecule has 0 radical (unpaired) electrons. The molecule has 0 unspecified atom stereocenters. The fourth-order valence-electron chi connectivity index (χ4n) is 5.14. The number of nitrogens with zero attached hydrogens (tertiary/aromatic N) is 3. The molecule has 9 nitrogen and oxygen atoms in total. The third-order valence-corrected chi connectivity index (χ3v) is 7.12. The molecule has 2 saturated heterocycles. The first-order valence-electron chi connectivity index (χ1n) is 13.1. The zero-order valence-electron chi connectivity index (χ0n) is 22.0. The quantitative estimate of drug-likeness (QED) is 0.482. The summed E-state index contributed by atoms with van der Waals surface area (Å²) in [6, 6.07) is 16.2. The van der Waals surface area contributed by atoms with Crippen LogP contribution in [-0.2, 0) is 20.9 Å². The molecule has 41 heavy (non-hydrogen) atoms. The molecule has 0 aliphatic carbocycles. The first-order valence-corrected chi connectivity index (χ1v) is 13.1. The van der Waals surface area contributed by atoms with E-state index < -0.39 is 24.2 Å². The van der Waals surface area contributed by atoms with Crippen molar-refractivity contribution in [3.8, 4) is 0 Å². The number of pyridine rings is 1. The number of nitrogens with one attached hydrogen (secondary N) is 1. The van der Waals surface area contributed by atoms with Crippen molar-refractivity contribution >= 4 is 34.5 Å². The molecule has 216 valence electrons. The Morgan fingerprint density at radius 3 is 2.17 bits per heavy atom. The van der Waals surface area contributed by atoms with Gasteiger partial charge >= 0.3 is 12.1 Å². The van der Waals surface area contributed by atoms with Gasteiger partial charge in [-0.15, -0.1) is 0 Å². The van der Waals surface area contributed by atoms with E-state index in [1.807, 2.05) is 54.6 Å². The predicted octanol–water partition coefficient (Wildman–Crippen LogP) is 3.78. The van der Waals surface area contributed by atoms with Gasteiger partial charge in [-0.25, -0.2) is 4.79 Å². The zero-order valence-corrected chi connectivity index (χ0v) is 22.0. The number of carboxylic acid groups (broad SMARTS) is 1. The molecule has 2 fully saturated rings. The van der Waals surface area contributed by atoms with Crippen LogP contribution < -0.4 is 5.32 Å². The number of amides is 3. The third-order valence-electron chi connectivity index (χ3n) is 7.12. The van der Waals surface area contributed by atoms with Gasteiger partial charge in [0.15, 0.2) is 0 Å². The van der Waals surface area contributed by atoms with E-state index in [-0.39, 0.29) is 17.7 Å². The Labute approximate surface area is 233 Å². The summed E-state index contributed by atoms with van der Waals surface area (Å²) < 4.78 is 31.7. The van der Waals surface area contributed by atoms with E-state index in [0.717, 1.165) is 29.2 Å². The van der Waals surface area contributed by atoms with E-state index in [1.54, 1.807) is 22.2 Å². The van der Waals surface area contributed by atoms with Crippen molar-refractivity contribution < 1.29 is 37.5 Å². The Kier molecular flexibility index (Phi) is 9.21. The highest BCUT2D eigenvalue weighted by molar-refractivity contribution is 6.08. The highest BCUT2D eigenvalue weighted by Gasteiger charge is 2.42. The van der Waals surface area contributed by atoms with Gasteiger partial charge < -0.3 is 20.2 Å². The number of fused-ring (bicyclic) bond motifs is 1. The smallest absolute Gasteiger partial charge is 0.475 e. The SMILES string of the molecule is O=C(NCc1ccncc1)[C@@H]1CCCN1C(=O)[C@@H]1CCCN1C(=O)c1cccc2ccccc12.O=C(O)C(F)(F)F. The number of benzene rings is 2. The van der Waals surface area contributed by atoms with Crippen LogP contribution in [0.15, 0.2) is 67.0 Å². The standard InChI is InChI=1S/C27H28N4O3.C2HF3O2/c32-25(29-18-19-12-14-28-15-13-19)23-10-4-16-30(23)27(34)24-11-5-17-31(24)26(33)22-9-3-7-20-6-1-2-8-21(20)22;3-2(4,5)1(6)7/h1-3,6-9,12-15,23-24H,4-5,10-11,16-18H2,(H,29,32);(H,6,7)/t23-,24-;/m0./s1. The lowest BCUT2D eigenvalue weighted by atomic mass is 10.0. The molecule has 2 aromatic carbocycles. The minimum atomic E-state index is -5.08. The number of hydrogen-bond donors (Lipinski definition) is 2. The van der Waals surface area contributed by atoms with Crippen molar-refractivity contribution in [2.45, 2.75) is 50.5 Å². The molecule has 3 aromatic rings. The second-order valence-corrected chi connectivity index (χ2v) is 9.75. The molecule has 0 saturated carbocycles. The molecule has 2 aliphatic heterocycles. The van der Waals surface area contributed by atoms with Gasteiger partial charge in [0.2, 0.25) is 11.8 Å². The Morgan fingerprint density at radius 2 is 1.49 bits per heavy atom. The summed E-state index contributed by atoms with van der Waals surface area (Å²) in [4.78, 5) is 56.3. The van der Waals surface area contributed by atoms with Crippen LogP contribution in [0.2, 0.25) is 0 Å². The molecule has 3 amide bonds. The topological polar surface area (TPSA) is 120 Å². The Morgan fingerprint density at radius 1 is 0.878 bits per heavy atom. The van der Waals surface area contributed by atoms with Crippen LogP contribution in [0.25, 0.3) is 10.8 Å². The Balaban J connectivity index is 0.000000493. The number of rotatable bonds is 5. The maximum absolute atomic E-state index is 13.6. The summed E-state index contributed by atoms with van der Waals surface area (Å²) in [6.07, 6.45) is 1.11. The lowest BCUT2D eigenvalue weighted by Gasteiger charge is -2.31. The highest BCUT2D eigenvalue weighted by Crippen LogP contribution is 2.28. The number of aromatic nitrogens is 1. The van der Waals surface area contributed by atoms with E-state index in [2.05, 4.69) is 10.3 Å². The van der Waals surface area contributed by atoms with Crippen molar-refractivity contribution in [2.24, 2.45) is 0 Å². The summed E-state index contributed by atoms with van der Waals surface area (Å²) in [5.74, 6) is -3.14. The van der Waals surface area contributed by atoms with Gasteiger partial charge in [0, 0.05) is 37.6 Å². The summed E-state index contributed by atoms with van der Waals surface area (Å²) in [6.45, 7) is 1.49. The normalized spacial score (nSPS) is 18.5. The molecular formula is C29H29F3N4O5. The average molecular weight is 571 g/mol. The molecule has 3 heterocycles. The average Bonchev–Trinajstić information content (AvgIpc) is 3.66. The molecule has 12 heteroatoms. The van der Waals surface area contributed by atoms with E-state index in [9.17, 15) is 27.6 Å². The zero-order chi connectivity index (χ0) is 29.6. The summed E-state index contributed by atoms with van der Waals surface area (Å²) in [7, 11) is 0. The van der Waals surface area contributed by atoms with Crippen LogP contribution >= 0.6 is 0 Å². The number of halogens is 3. The van der Waals surface area contributed by atoms with Crippen LogP contribution in [0, 0.1) is 0 Å². The van der Waals surface area contributed by atoms with E-state index in [1.165, 1.54) is 0 Å². The molecular weight excluding hydrogens is 541 g/mol. The molecule has 1 aromatic heterocycles. The monoisotopic (exact) mass is 570 g/mol. The fraction of sp³-hybridized carbons (Fsp3) is 0.345. The van der Waals surface area contributed by atoms with Crippen molar-refractivity contribution in [1.82, 2.24) is 20.1 Å². The first kappa shape index (κ1) is 29.5. The van der Waals surface area contributed by atoms with E-state index in [0.29, 0.717) is 38.0 Å². The van der Waals surface area contributed by atoms with Gasteiger partial charge in [-0.05, 0) is 60.2 Å². The van der Waals surface area contributed by atoms with Crippen LogP contribution in [0.4, 0.5) is 13.2 Å². The molecule has 2 atom stereocenters. The van der Waals surface area contributed by atoms with Crippen LogP contribution in [-0.4, -0.2) is 74.9 Å². The highest BCUT2D eigenvalue weighted by atomic mass is 19.4. The van der Waals surface area contributed by atoms with E-state index in [4.69, 9.17) is 9.90 Å². The predicted molar refractivity (Wildman–Crippen MR) is 143 cm³/mol. The number of aliphatic carboxylic acids is 1. The Hall–Kier alpha value is -4.48. The van der Waals surface area contributed by atoms with Crippen molar-refractivity contribution in [3.63, 3.8) is 0 Å².